The highest BCUT2D eigenvalue weighted by Gasteiger charge is 2.38. The van der Waals surface area contributed by atoms with Crippen LogP contribution in [0.25, 0.3) is 6.08 Å². The van der Waals surface area contributed by atoms with Crippen LogP contribution in [0.15, 0.2) is 70.8 Å². The average molecular weight is 458 g/mol. The van der Waals surface area contributed by atoms with E-state index >= 15 is 0 Å². The van der Waals surface area contributed by atoms with E-state index in [1.54, 1.807) is 24.3 Å². The Kier molecular flexibility index (Phi) is 8.25. The van der Waals surface area contributed by atoms with Crippen LogP contribution in [0, 0.1) is 6.92 Å². The molecule has 0 aliphatic heterocycles. The molecule has 0 saturated carbocycles. The number of nitrogens with one attached hydrogen (secondary N) is 1. The van der Waals surface area contributed by atoms with E-state index in [0.29, 0.717) is 0 Å². The topological polar surface area (TPSA) is 55.4 Å². The van der Waals surface area contributed by atoms with Gasteiger partial charge in [0, 0.05) is 0 Å². The summed E-state index contributed by atoms with van der Waals surface area (Å²) in [4.78, 5) is 0.246. The number of benzene rings is 2. The molecule has 168 valence electrons. The molecule has 1 atom stereocenters. The third-order valence-electron chi connectivity index (χ3n) is 5.83. The minimum atomic E-state index is -3.70. The Morgan fingerprint density at radius 2 is 1.68 bits per heavy atom. The Morgan fingerprint density at radius 3 is 2.23 bits per heavy atom. The summed E-state index contributed by atoms with van der Waals surface area (Å²) < 4.78 is 35.3. The van der Waals surface area contributed by atoms with Crippen molar-refractivity contribution in [3.8, 4) is 0 Å². The zero-order valence-corrected chi connectivity index (χ0v) is 21.5. The van der Waals surface area contributed by atoms with E-state index in [4.69, 9.17) is 4.43 Å². The highest BCUT2D eigenvalue weighted by Crippen LogP contribution is 2.36. The van der Waals surface area contributed by atoms with Gasteiger partial charge in [-0.3, -0.25) is 0 Å². The molecule has 2 aromatic rings. The van der Waals surface area contributed by atoms with Crippen molar-refractivity contribution in [2.45, 2.75) is 63.7 Å². The van der Waals surface area contributed by atoms with Crippen molar-refractivity contribution in [1.82, 2.24) is 4.72 Å². The molecule has 0 unspecified atom stereocenters. The molecule has 0 spiro atoms. The predicted molar refractivity (Wildman–Crippen MR) is 132 cm³/mol. The molecular weight excluding hydrogens is 422 g/mol. The Bertz CT molecular complexity index is 1030. The monoisotopic (exact) mass is 457 g/mol. The summed E-state index contributed by atoms with van der Waals surface area (Å²) in [6.45, 7) is 14.9. The summed E-state index contributed by atoms with van der Waals surface area (Å²) >= 11 is 0. The van der Waals surface area contributed by atoms with Gasteiger partial charge >= 0.3 is 0 Å². The van der Waals surface area contributed by atoms with Crippen molar-refractivity contribution >= 4 is 24.4 Å². The van der Waals surface area contributed by atoms with E-state index < -0.39 is 24.4 Å². The third kappa shape index (κ3) is 7.30. The van der Waals surface area contributed by atoms with Crippen molar-refractivity contribution in [3.05, 3.63) is 77.0 Å². The van der Waals surface area contributed by atoms with Gasteiger partial charge in [0.2, 0.25) is 10.0 Å². The summed E-state index contributed by atoms with van der Waals surface area (Å²) in [5.74, 6) is 0. The molecule has 0 aromatic heterocycles. The standard InChI is InChI=1S/C25H35NO3SSi/c1-20-13-17-23(18-14-20)30(27,28)26-24(19-29-31(6,7)25(3,4)5)21(2)15-16-22-11-9-8-10-12-22/h8-14,16-18,24,26H,19H2,1-7H3/t15?,24-/m1/s1. The van der Waals surface area contributed by atoms with Crippen LogP contribution in [-0.2, 0) is 14.4 Å². The van der Waals surface area contributed by atoms with Gasteiger partial charge in [0.1, 0.15) is 0 Å². The van der Waals surface area contributed by atoms with E-state index in [2.05, 4.69) is 44.3 Å². The second-order valence-corrected chi connectivity index (χ2v) is 16.0. The zero-order chi connectivity index (χ0) is 23.3. The van der Waals surface area contributed by atoms with Crippen molar-refractivity contribution in [1.29, 1.82) is 0 Å². The van der Waals surface area contributed by atoms with Gasteiger partial charge < -0.3 is 4.43 Å². The van der Waals surface area contributed by atoms with Crippen molar-refractivity contribution in [3.63, 3.8) is 0 Å². The van der Waals surface area contributed by atoms with Crippen LogP contribution in [-0.4, -0.2) is 29.4 Å². The van der Waals surface area contributed by atoms with Gasteiger partial charge in [-0.05, 0) is 61.3 Å². The molecule has 0 heterocycles. The predicted octanol–water partition coefficient (Wildman–Crippen LogP) is 5.92. The number of hydrogen-bond donors (Lipinski definition) is 1. The van der Waals surface area contributed by atoms with E-state index in [1.165, 1.54) is 0 Å². The second-order valence-electron chi connectivity index (χ2n) is 9.44. The van der Waals surface area contributed by atoms with Crippen LogP contribution in [0.4, 0.5) is 0 Å². The van der Waals surface area contributed by atoms with E-state index in [9.17, 15) is 8.42 Å². The molecule has 4 nitrogen and oxygen atoms in total. The first-order valence-corrected chi connectivity index (χ1v) is 14.9. The van der Waals surface area contributed by atoms with Crippen LogP contribution in [0.3, 0.4) is 0 Å². The number of aryl methyl sites for hydroxylation is 1. The third-order valence-corrected chi connectivity index (χ3v) is 11.8. The molecule has 1 N–H and O–H groups in total. The van der Waals surface area contributed by atoms with Crippen LogP contribution in [0.2, 0.25) is 18.1 Å². The second kappa shape index (κ2) is 10.1. The smallest absolute Gasteiger partial charge is 0.241 e. The van der Waals surface area contributed by atoms with E-state index in [-0.39, 0.29) is 16.5 Å². The van der Waals surface area contributed by atoms with E-state index in [0.717, 1.165) is 16.7 Å². The maximum absolute atomic E-state index is 13.0. The molecule has 6 heteroatoms. The minimum absolute atomic E-state index is 0.0326. The molecule has 2 aromatic carbocycles. The molecule has 0 amide bonds. The minimum Gasteiger partial charge on any atom is -0.415 e. The Balaban J connectivity index is 2.35. The molecule has 0 aliphatic carbocycles. The van der Waals surface area contributed by atoms with Crippen LogP contribution < -0.4 is 4.72 Å². The SMILES string of the molecule is CC(=C=Cc1ccccc1)[C@@H](CO[Si](C)(C)C(C)(C)C)NS(=O)(=O)c1ccc(C)cc1. The van der Waals surface area contributed by atoms with E-state index in [1.807, 2.05) is 50.3 Å². The number of hydrogen-bond acceptors (Lipinski definition) is 3. The van der Waals surface area contributed by atoms with Gasteiger partial charge in [-0.15, -0.1) is 5.73 Å². The Labute approximate surface area is 189 Å². The summed E-state index contributed by atoms with van der Waals surface area (Å²) in [6, 6.07) is 16.2. The summed E-state index contributed by atoms with van der Waals surface area (Å²) in [7, 11) is -5.75. The number of rotatable bonds is 8. The first kappa shape index (κ1) is 25.3. The van der Waals surface area contributed by atoms with Gasteiger partial charge in [0.05, 0.1) is 17.5 Å². The highest BCUT2D eigenvalue weighted by atomic mass is 32.2. The molecule has 0 fully saturated rings. The normalized spacial score (nSPS) is 13.4. The molecule has 0 radical (unpaired) electrons. The Hall–Kier alpha value is -1.95. The van der Waals surface area contributed by atoms with Crippen LogP contribution >= 0.6 is 0 Å². The molecule has 0 saturated heterocycles. The maximum atomic E-state index is 13.0. The zero-order valence-electron chi connectivity index (χ0n) is 19.7. The molecule has 31 heavy (non-hydrogen) atoms. The fraction of sp³-hybridized carbons (Fsp3) is 0.400. The Morgan fingerprint density at radius 1 is 1.10 bits per heavy atom. The number of sulfonamides is 1. The van der Waals surface area contributed by atoms with Crippen LogP contribution in [0.5, 0.6) is 0 Å². The fourth-order valence-corrected chi connectivity index (χ4v) is 4.84. The first-order chi connectivity index (χ1) is 14.3. The lowest BCUT2D eigenvalue weighted by atomic mass is 10.1. The average Bonchev–Trinajstić information content (AvgIpc) is 2.69. The molecule has 2 rings (SSSR count). The summed E-state index contributed by atoms with van der Waals surface area (Å²) in [5.41, 5.74) is 6.05. The molecule has 0 aliphatic rings. The summed E-state index contributed by atoms with van der Waals surface area (Å²) in [5, 5.41) is 0.0326. The first-order valence-electron chi connectivity index (χ1n) is 10.5. The van der Waals surface area contributed by atoms with Gasteiger partial charge in [0.15, 0.2) is 8.32 Å². The molecule has 0 bridgehead atoms. The highest BCUT2D eigenvalue weighted by molar-refractivity contribution is 7.89. The lowest BCUT2D eigenvalue weighted by molar-refractivity contribution is 0.268. The van der Waals surface area contributed by atoms with Crippen molar-refractivity contribution in [2.75, 3.05) is 6.61 Å². The molecular formula is C25H35NO3SSi. The lowest BCUT2D eigenvalue weighted by Gasteiger charge is -2.37. The van der Waals surface area contributed by atoms with Gasteiger partial charge in [-0.1, -0.05) is 68.8 Å². The maximum Gasteiger partial charge on any atom is 0.241 e. The summed E-state index contributed by atoms with van der Waals surface area (Å²) in [6.07, 6.45) is 1.87. The van der Waals surface area contributed by atoms with Gasteiger partial charge in [-0.25, -0.2) is 13.1 Å². The van der Waals surface area contributed by atoms with Crippen molar-refractivity contribution in [2.24, 2.45) is 0 Å². The van der Waals surface area contributed by atoms with Gasteiger partial charge in [0.25, 0.3) is 0 Å². The van der Waals surface area contributed by atoms with Crippen LogP contribution in [0.1, 0.15) is 38.8 Å². The van der Waals surface area contributed by atoms with Gasteiger partial charge in [-0.2, -0.15) is 0 Å². The largest absolute Gasteiger partial charge is 0.415 e. The van der Waals surface area contributed by atoms with Crippen molar-refractivity contribution < 1.29 is 12.8 Å². The lowest BCUT2D eigenvalue weighted by Crippen LogP contribution is -2.46. The quantitative estimate of drug-likeness (QED) is 0.395. The fourth-order valence-electron chi connectivity index (χ4n) is 2.58.